The molecule has 5 rings (SSSR count). The summed E-state index contributed by atoms with van der Waals surface area (Å²) < 4.78 is 44.6. The molecule has 3 fully saturated rings. The third kappa shape index (κ3) is 5.38. The number of hydrogen-bond donors (Lipinski definition) is 1. The van der Waals surface area contributed by atoms with E-state index in [1.165, 1.54) is 17.0 Å². The molecule has 222 valence electrons. The Hall–Kier alpha value is -2.59. The van der Waals surface area contributed by atoms with E-state index in [4.69, 9.17) is 23.2 Å². The van der Waals surface area contributed by atoms with Crippen LogP contribution < -0.4 is 0 Å². The Labute approximate surface area is 246 Å². The van der Waals surface area contributed by atoms with Gasteiger partial charge in [-0.05, 0) is 75.8 Å². The van der Waals surface area contributed by atoms with Crippen molar-refractivity contribution in [2.75, 3.05) is 6.54 Å². The van der Waals surface area contributed by atoms with Gasteiger partial charge < -0.3 is 10.0 Å². The van der Waals surface area contributed by atoms with Crippen molar-refractivity contribution in [1.29, 1.82) is 0 Å². The number of hydrogen-bond acceptors (Lipinski definition) is 4. The fraction of sp³-hybridized carbons (Fsp3) is 0.586. The zero-order valence-corrected chi connectivity index (χ0v) is 24.2. The number of carboxylic acid groups (broad SMARTS) is 1. The predicted octanol–water partition coefficient (Wildman–Crippen LogP) is 7.46. The molecule has 1 amide bonds. The number of carbonyl (C=O) groups excluding carboxylic acids is 2. The van der Waals surface area contributed by atoms with Crippen LogP contribution in [0.3, 0.4) is 0 Å². The van der Waals surface area contributed by atoms with E-state index >= 15 is 0 Å². The molecule has 1 atom stereocenters. The molecule has 41 heavy (non-hydrogen) atoms. The van der Waals surface area contributed by atoms with Gasteiger partial charge in [-0.1, -0.05) is 42.1 Å². The normalized spacial score (nSPS) is 25.6. The van der Waals surface area contributed by atoms with Crippen molar-refractivity contribution in [3.63, 3.8) is 0 Å². The van der Waals surface area contributed by atoms with Crippen LogP contribution in [0.1, 0.15) is 104 Å². The second-order valence-electron chi connectivity index (χ2n) is 12.0. The third-order valence-electron chi connectivity index (χ3n) is 9.63. The van der Waals surface area contributed by atoms with E-state index in [9.17, 15) is 32.7 Å². The Bertz CT molecular complexity index is 1340. The van der Waals surface area contributed by atoms with E-state index in [0.29, 0.717) is 6.42 Å². The van der Waals surface area contributed by atoms with Gasteiger partial charge in [0.2, 0.25) is 0 Å². The molecule has 0 unspecified atom stereocenters. The molecule has 0 aliphatic heterocycles. The van der Waals surface area contributed by atoms with Crippen molar-refractivity contribution in [3.8, 4) is 0 Å². The van der Waals surface area contributed by atoms with Crippen LogP contribution in [0.5, 0.6) is 0 Å². The van der Waals surface area contributed by atoms with E-state index in [0.717, 1.165) is 43.0 Å². The zero-order chi connectivity index (χ0) is 29.7. The average molecular weight is 614 g/mol. The van der Waals surface area contributed by atoms with Crippen LogP contribution in [-0.2, 0) is 11.0 Å². The molecule has 3 aliphatic rings. The van der Waals surface area contributed by atoms with Crippen molar-refractivity contribution in [2.45, 2.75) is 89.4 Å². The van der Waals surface area contributed by atoms with Gasteiger partial charge in [-0.25, -0.2) is 0 Å². The van der Waals surface area contributed by atoms with Crippen LogP contribution >= 0.6 is 23.2 Å². The molecule has 2 aromatic rings. The molecule has 7 nitrogen and oxygen atoms in total. The summed E-state index contributed by atoms with van der Waals surface area (Å²) in [7, 11) is 0. The summed E-state index contributed by atoms with van der Waals surface area (Å²) in [6.45, 7) is 1.13. The number of aliphatic carboxylic acids is 1. The predicted molar refractivity (Wildman–Crippen MR) is 146 cm³/mol. The topological polar surface area (TPSA) is 92.5 Å². The van der Waals surface area contributed by atoms with Crippen LogP contribution in [-0.4, -0.2) is 50.0 Å². The molecule has 1 aromatic carbocycles. The molecular weight excluding hydrogens is 582 g/mol. The van der Waals surface area contributed by atoms with Gasteiger partial charge in [0.25, 0.3) is 5.91 Å². The highest BCUT2D eigenvalue weighted by molar-refractivity contribution is 6.40. The van der Waals surface area contributed by atoms with Crippen LogP contribution in [0.4, 0.5) is 13.2 Å². The summed E-state index contributed by atoms with van der Waals surface area (Å²) in [5, 5.41) is 13.8. The fourth-order valence-electron chi connectivity index (χ4n) is 7.08. The summed E-state index contributed by atoms with van der Waals surface area (Å²) in [5.41, 5.74) is -2.98. The van der Waals surface area contributed by atoms with E-state index in [1.54, 1.807) is 13.0 Å². The summed E-state index contributed by atoms with van der Waals surface area (Å²) in [6, 6.07) is 3.48. The average Bonchev–Trinajstić information content (AvgIpc) is 3.57. The first-order valence-corrected chi connectivity index (χ1v) is 14.7. The van der Waals surface area contributed by atoms with Gasteiger partial charge in [0.05, 0.1) is 45.4 Å². The van der Waals surface area contributed by atoms with Gasteiger partial charge in [-0.15, -0.1) is 0 Å². The molecule has 1 heterocycles. The monoisotopic (exact) mass is 613 g/mol. The Balaban J connectivity index is 1.50. The molecule has 1 spiro atoms. The highest BCUT2D eigenvalue weighted by atomic mass is 35.5. The smallest absolute Gasteiger partial charge is 0.433 e. The second kappa shape index (κ2) is 10.9. The summed E-state index contributed by atoms with van der Waals surface area (Å²) in [6.07, 6.45) is 1.83. The van der Waals surface area contributed by atoms with Gasteiger partial charge in [0.1, 0.15) is 0 Å². The molecule has 0 bridgehead atoms. The van der Waals surface area contributed by atoms with Crippen molar-refractivity contribution in [2.24, 2.45) is 10.8 Å². The Kier molecular flexibility index (Phi) is 7.96. The van der Waals surface area contributed by atoms with Crippen molar-refractivity contribution < 1.29 is 32.7 Å². The molecule has 3 saturated carbocycles. The van der Waals surface area contributed by atoms with Gasteiger partial charge in [-0.2, -0.15) is 18.3 Å². The number of ketones is 1. The number of amides is 1. The molecular formula is C29H32Cl2F3N3O4. The molecule has 3 aliphatic carbocycles. The minimum atomic E-state index is -4.90. The van der Waals surface area contributed by atoms with Crippen LogP contribution in [0.2, 0.25) is 10.0 Å². The van der Waals surface area contributed by atoms with Crippen molar-refractivity contribution in [1.82, 2.24) is 14.7 Å². The number of benzene rings is 1. The fourth-order valence-corrected chi connectivity index (χ4v) is 7.69. The number of halogens is 5. The molecule has 1 N–H and O–H groups in total. The first kappa shape index (κ1) is 29.9. The number of rotatable bonds is 7. The lowest BCUT2D eigenvalue weighted by molar-refractivity contribution is -0.152. The standard InChI is InChI=1S/C29H32Cl2F3N3O4/c1-27(26(40)41)12-7-17(8-13-27)37-24(29(32,33)34)18(15-35-37)25(39)36(22-9-14-28(22)10-2-3-11-28)16-21(38)23-19(30)5-4-6-20(23)31/h4-6,15,17,22H,2-3,7-14,16H2,1H3,(H,40,41)/t17?,22-,27?/m1/s1. The maximum atomic E-state index is 14.6. The summed E-state index contributed by atoms with van der Waals surface area (Å²) >= 11 is 12.5. The van der Waals surface area contributed by atoms with Gasteiger partial charge >= 0.3 is 12.1 Å². The van der Waals surface area contributed by atoms with E-state index in [2.05, 4.69) is 5.10 Å². The third-order valence-corrected chi connectivity index (χ3v) is 10.3. The maximum absolute atomic E-state index is 14.6. The number of nitrogens with zero attached hydrogens (tertiary/aromatic N) is 3. The molecule has 1 aromatic heterocycles. The highest BCUT2D eigenvalue weighted by Gasteiger charge is 2.53. The van der Waals surface area contributed by atoms with Crippen LogP contribution in [0.25, 0.3) is 0 Å². The largest absolute Gasteiger partial charge is 0.481 e. The minimum Gasteiger partial charge on any atom is -0.481 e. The first-order valence-electron chi connectivity index (χ1n) is 13.9. The highest BCUT2D eigenvalue weighted by Crippen LogP contribution is 2.55. The lowest BCUT2D eigenvalue weighted by Gasteiger charge is -2.52. The number of Topliss-reactive ketones (excluding diaryl/α,β-unsaturated/α-hetero) is 1. The Morgan fingerprint density at radius 1 is 1.05 bits per heavy atom. The van der Waals surface area contributed by atoms with Gasteiger partial charge in [0, 0.05) is 6.04 Å². The van der Waals surface area contributed by atoms with Crippen LogP contribution in [0, 0.1) is 10.8 Å². The molecule has 0 saturated heterocycles. The maximum Gasteiger partial charge on any atom is 0.433 e. The van der Waals surface area contributed by atoms with E-state index in [1.807, 2.05) is 0 Å². The van der Waals surface area contributed by atoms with E-state index in [-0.39, 0.29) is 46.7 Å². The van der Waals surface area contributed by atoms with Crippen molar-refractivity contribution >= 4 is 40.9 Å². The first-order chi connectivity index (χ1) is 19.3. The summed E-state index contributed by atoms with van der Waals surface area (Å²) in [4.78, 5) is 40.5. The molecule has 12 heteroatoms. The quantitative estimate of drug-likeness (QED) is 0.327. The van der Waals surface area contributed by atoms with Crippen molar-refractivity contribution in [3.05, 3.63) is 51.3 Å². The Morgan fingerprint density at radius 2 is 1.66 bits per heavy atom. The minimum absolute atomic E-state index is 0.0313. The van der Waals surface area contributed by atoms with Gasteiger partial charge in [-0.3, -0.25) is 19.1 Å². The number of carboxylic acids is 1. The number of alkyl halides is 3. The van der Waals surface area contributed by atoms with Crippen LogP contribution in [0.15, 0.2) is 24.4 Å². The van der Waals surface area contributed by atoms with Gasteiger partial charge in [0.15, 0.2) is 11.5 Å². The number of aromatic nitrogens is 2. The second-order valence-corrected chi connectivity index (χ2v) is 12.8. The SMILES string of the molecule is CC1(C(=O)O)CCC(n2ncc(C(=O)N(CC(=O)c3c(Cl)cccc3Cl)[C@@H]3CCC34CCCC4)c2C(F)(F)F)CC1. The Morgan fingerprint density at radius 3 is 2.17 bits per heavy atom. The number of carbonyl (C=O) groups is 3. The molecule has 0 radical (unpaired) electrons. The summed E-state index contributed by atoms with van der Waals surface area (Å²) in [5.74, 6) is -2.43. The van der Waals surface area contributed by atoms with E-state index < -0.39 is 59.1 Å². The zero-order valence-electron chi connectivity index (χ0n) is 22.6. The lowest BCUT2D eigenvalue weighted by Crippen LogP contribution is -2.57. The lowest BCUT2D eigenvalue weighted by atomic mass is 9.62.